The maximum atomic E-state index is 14.4. The van der Waals surface area contributed by atoms with Gasteiger partial charge in [-0.2, -0.15) is 0 Å². The van der Waals surface area contributed by atoms with E-state index in [0.29, 0.717) is 63.4 Å². The van der Waals surface area contributed by atoms with Gasteiger partial charge in [-0.15, -0.1) is 11.6 Å². The number of para-hydroxylation sites is 2. The molecule has 25 heteroatoms. The van der Waals surface area contributed by atoms with Crippen LogP contribution in [0.15, 0.2) is 120 Å². The first-order valence-corrected chi connectivity index (χ1v) is 29.7. The van der Waals surface area contributed by atoms with Crippen molar-refractivity contribution in [3.05, 3.63) is 132 Å². The van der Waals surface area contributed by atoms with E-state index in [4.69, 9.17) is 36.0 Å². The fourth-order valence-corrected chi connectivity index (χ4v) is 10.6. The highest BCUT2D eigenvalue weighted by Gasteiger charge is 2.37. The lowest BCUT2D eigenvalue weighted by molar-refractivity contribution is -0.137. The number of furan rings is 1. The highest BCUT2D eigenvalue weighted by atomic mass is 35.5. The molecule has 10 amide bonds. The highest BCUT2D eigenvalue weighted by molar-refractivity contribution is 6.19. The minimum Gasteiger partial charge on any atom is -0.492 e. The molecule has 470 valence electrons. The zero-order chi connectivity index (χ0) is 63.9. The number of carbonyl (C=O) groups excluding carboxylic acids is 9. The summed E-state index contributed by atoms with van der Waals surface area (Å²) in [5.74, 6) is -1.83. The second kappa shape index (κ2) is 30.4. The van der Waals surface area contributed by atoms with Crippen LogP contribution in [0.2, 0.25) is 0 Å². The minimum absolute atomic E-state index is 0.0869. The molecule has 7 N–H and O–H groups in total. The number of nitrogens with one attached hydrogen (secondary N) is 5. The Kier molecular flexibility index (Phi) is 22.4. The number of urea groups is 1. The lowest BCUT2D eigenvalue weighted by atomic mass is 9.95. The van der Waals surface area contributed by atoms with Gasteiger partial charge >= 0.3 is 18.2 Å². The smallest absolute Gasteiger partial charge is 0.419 e. The molecule has 89 heavy (non-hydrogen) atoms. The van der Waals surface area contributed by atoms with Gasteiger partial charge in [-0.1, -0.05) is 62.4 Å². The van der Waals surface area contributed by atoms with Crippen LogP contribution in [0.1, 0.15) is 67.1 Å². The third-order valence-electron chi connectivity index (χ3n) is 15.0. The number of rotatable bonds is 28. The van der Waals surface area contributed by atoms with E-state index in [9.17, 15) is 43.2 Å². The van der Waals surface area contributed by atoms with Gasteiger partial charge in [-0.3, -0.25) is 43.5 Å². The number of carbonyl (C=O) groups is 9. The van der Waals surface area contributed by atoms with Crippen LogP contribution in [0, 0.1) is 5.92 Å². The highest BCUT2D eigenvalue weighted by Crippen LogP contribution is 2.46. The summed E-state index contributed by atoms with van der Waals surface area (Å²) in [5, 5.41) is 16.1. The van der Waals surface area contributed by atoms with Crippen molar-refractivity contribution in [1.29, 1.82) is 0 Å². The number of fused-ring (bicyclic) bond motifs is 4. The van der Waals surface area contributed by atoms with Gasteiger partial charge in [0.2, 0.25) is 17.7 Å². The van der Waals surface area contributed by atoms with E-state index in [1.807, 2.05) is 63.2 Å². The number of imide groups is 1. The van der Waals surface area contributed by atoms with Crippen molar-refractivity contribution in [2.45, 2.75) is 64.1 Å². The van der Waals surface area contributed by atoms with Crippen molar-refractivity contribution in [2.24, 2.45) is 11.7 Å². The topological polar surface area (TPSA) is 297 Å². The lowest BCUT2D eigenvalue weighted by Gasteiger charge is -2.25. The van der Waals surface area contributed by atoms with Crippen LogP contribution in [-0.4, -0.2) is 155 Å². The summed E-state index contributed by atoms with van der Waals surface area (Å²) in [5.41, 5.74) is 8.70. The van der Waals surface area contributed by atoms with E-state index in [1.54, 1.807) is 77.7 Å². The standard InChI is InChI=1S/C64H74ClN11O13/c1-39(2)58(68-29-28-67-54(77)18-12-30-75-55(78)25-26-56(75)79)60(81)71-47(15-11-27-69-62(66)83)59(80)70-43-21-19-40(20-22-43)38-87-63(84)73(5)48-16-9-10-17-49(48)74(6)64(85)89-52-35-50-57(46-14-8-7-13-45(46)52)42(36-65)37-76(50)61(82)53-34-41-33-44(23-24-51(41)88-53)86-32-31-72(3)4/h7-10,13-14,16-17,19-26,33-35,39,42,47,58,68H,11-12,15,18,27-32,36-38H2,1-6H3,(H,67,77)(H,70,80)(H,71,81)(H3,66,69,83)/t42-,47?,58?/m1/s1. The van der Waals surface area contributed by atoms with Crippen LogP contribution in [0.3, 0.4) is 0 Å². The van der Waals surface area contributed by atoms with Crippen LogP contribution < -0.4 is 56.5 Å². The summed E-state index contributed by atoms with van der Waals surface area (Å²) in [4.78, 5) is 125. The third-order valence-corrected chi connectivity index (χ3v) is 15.4. The number of alkyl halides is 1. The molecule has 2 unspecified atom stereocenters. The largest absolute Gasteiger partial charge is 0.492 e. The predicted molar refractivity (Wildman–Crippen MR) is 337 cm³/mol. The summed E-state index contributed by atoms with van der Waals surface area (Å²) in [6.07, 6.45) is 1.64. The summed E-state index contributed by atoms with van der Waals surface area (Å²) >= 11 is 6.60. The van der Waals surface area contributed by atoms with E-state index in [0.717, 1.165) is 22.4 Å². The summed E-state index contributed by atoms with van der Waals surface area (Å²) in [7, 11) is 6.94. The molecule has 8 rings (SSSR count). The molecule has 2 aliphatic rings. The molecule has 0 saturated carbocycles. The number of amides is 10. The third kappa shape index (κ3) is 16.8. The van der Waals surface area contributed by atoms with Crippen LogP contribution >= 0.6 is 11.6 Å². The average Bonchev–Trinajstić information content (AvgIpc) is 1.78. The number of hydrogen-bond donors (Lipinski definition) is 6. The molecule has 1 aromatic heterocycles. The first-order chi connectivity index (χ1) is 42.7. The van der Waals surface area contributed by atoms with Gasteiger partial charge in [-0.05, 0) is 104 Å². The first-order valence-electron chi connectivity index (χ1n) is 29.2. The van der Waals surface area contributed by atoms with Crippen molar-refractivity contribution in [1.82, 2.24) is 31.1 Å². The fraction of sp³-hybridized carbons (Fsp3) is 0.359. The van der Waals surface area contributed by atoms with Crippen LogP contribution in [-0.2, 0) is 35.3 Å². The number of likely N-dealkylation sites (N-methyl/N-ethyl adjacent to an activating group) is 1. The minimum atomic E-state index is -1.04. The molecule has 6 aromatic rings. The fourth-order valence-electron chi connectivity index (χ4n) is 10.3. The second-order valence-electron chi connectivity index (χ2n) is 22.1. The summed E-state index contributed by atoms with van der Waals surface area (Å²) in [6.45, 7) is 5.62. The molecule has 24 nitrogen and oxygen atoms in total. The Bertz CT molecular complexity index is 3610. The van der Waals surface area contributed by atoms with Gasteiger partial charge < -0.3 is 60.7 Å². The molecule has 2 aliphatic heterocycles. The number of ether oxygens (including phenoxy) is 3. The Balaban J connectivity index is 0.867. The van der Waals surface area contributed by atoms with Gasteiger partial charge in [0.25, 0.3) is 17.7 Å². The SMILES string of the molecule is CC(C)C(NCCNC(=O)CCCN1C(=O)C=CC1=O)C(=O)NC(CCCNC(N)=O)C(=O)Nc1ccc(COC(=O)N(C)c2ccccc2N(C)C(=O)Oc2cc3c(c4ccccc24)[C@H](CCl)CN3C(=O)c2cc3cc(OCCN(C)C)ccc3o2)cc1. The number of nitrogens with two attached hydrogens (primary N) is 1. The molecular weight excluding hydrogens is 1170 g/mol. The van der Waals surface area contributed by atoms with E-state index < -0.39 is 59.8 Å². The number of anilines is 4. The average molecular weight is 1240 g/mol. The first kappa shape index (κ1) is 65.5. The Labute approximate surface area is 519 Å². The van der Waals surface area contributed by atoms with Gasteiger partial charge in [0.05, 0.1) is 23.1 Å². The normalized spacial score (nSPS) is 14.2. The number of nitrogens with zero attached hydrogens (tertiary/aromatic N) is 5. The Morgan fingerprint density at radius 2 is 1.46 bits per heavy atom. The Morgan fingerprint density at radius 3 is 2.13 bits per heavy atom. The van der Waals surface area contributed by atoms with E-state index in [2.05, 4.69) is 26.6 Å². The van der Waals surface area contributed by atoms with Crippen molar-refractivity contribution < 1.29 is 61.8 Å². The van der Waals surface area contributed by atoms with E-state index in [1.165, 1.54) is 36.0 Å². The Hall–Kier alpha value is -9.52. The van der Waals surface area contributed by atoms with Crippen LogP contribution in [0.5, 0.6) is 11.5 Å². The van der Waals surface area contributed by atoms with Crippen molar-refractivity contribution in [2.75, 3.05) is 100.0 Å². The maximum absolute atomic E-state index is 14.4. The molecule has 0 fully saturated rings. The number of primary amides is 1. The van der Waals surface area contributed by atoms with E-state index in [-0.39, 0.29) is 93.7 Å². The van der Waals surface area contributed by atoms with E-state index >= 15 is 0 Å². The number of halogens is 1. The molecule has 3 heterocycles. The van der Waals surface area contributed by atoms with Gasteiger partial charge in [-0.25, -0.2) is 14.4 Å². The molecule has 0 spiro atoms. The number of benzene rings is 5. The quantitative estimate of drug-likeness (QED) is 0.0160. The molecule has 5 aromatic carbocycles. The zero-order valence-electron chi connectivity index (χ0n) is 50.5. The second-order valence-corrected chi connectivity index (χ2v) is 22.4. The predicted octanol–water partition coefficient (Wildman–Crippen LogP) is 7.22. The Morgan fingerprint density at radius 1 is 0.775 bits per heavy atom. The summed E-state index contributed by atoms with van der Waals surface area (Å²) in [6, 6.07) is 26.9. The van der Waals surface area contributed by atoms with Gasteiger partial charge in [0.15, 0.2) is 5.76 Å². The van der Waals surface area contributed by atoms with Gasteiger partial charge in [0, 0.05) is 106 Å². The molecular formula is C64H74ClN11O13. The zero-order valence-corrected chi connectivity index (χ0v) is 51.2. The monoisotopic (exact) mass is 1240 g/mol. The number of hydrogen-bond acceptors (Lipinski definition) is 15. The van der Waals surface area contributed by atoms with Gasteiger partial charge in [0.1, 0.15) is 36.3 Å². The van der Waals surface area contributed by atoms with Crippen molar-refractivity contribution in [3.63, 3.8) is 0 Å². The molecule has 0 saturated heterocycles. The van der Waals surface area contributed by atoms with Crippen molar-refractivity contribution >= 4 is 110 Å². The molecule has 0 radical (unpaired) electrons. The summed E-state index contributed by atoms with van der Waals surface area (Å²) < 4.78 is 23.9. The molecule has 0 aliphatic carbocycles. The molecule has 0 bridgehead atoms. The maximum Gasteiger partial charge on any atom is 0.419 e. The van der Waals surface area contributed by atoms with Crippen LogP contribution in [0.25, 0.3) is 21.7 Å². The van der Waals surface area contributed by atoms with Crippen LogP contribution in [0.4, 0.5) is 37.1 Å². The van der Waals surface area contributed by atoms with Crippen molar-refractivity contribution in [3.8, 4) is 11.5 Å². The molecule has 3 atom stereocenters. The lowest BCUT2D eigenvalue weighted by Crippen LogP contribution is -2.54.